The molecule has 0 radical (unpaired) electrons. The Kier molecular flexibility index (Phi) is 4.56. The topological polar surface area (TPSA) is 67.9 Å². The van der Waals surface area contributed by atoms with Gasteiger partial charge in [-0.2, -0.15) is 0 Å². The zero-order chi connectivity index (χ0) is 15.6. The zero-order valence-electron chi connectivity index (χ0n) is 12.7. The van der Waals surface area contributed by atoms with Crippen molar-refractivity contribution in [2.24, 2.45) is 0 Å². The van der Waals surface area contributed by atoms with Crippen LogP contribution in [0.1, 0.15) is 26.2 Å². The number of sulfonamides is 1. The molecule has 1 N–H and O–H groups in total. The summed E-state index contributed by atoms with van der Waals surface area (Å²) in [5.41, 5.74) is 0. The number of piperidine rings is 1. The highest BCUT2D eigenvalue weighted by atomic mass is 32.2. The van der Waals surface area contributed by atoms with Crippen LogP contribution >= 0.6 is 0 Å². The van der Waals surface area contributed by atoms with Crippen LogP contribution in [0.2, 0.25) is 0 Å². The normalized spacial score (nSPS) is 20.0. The summed E-state index contributed by atoms with van der Waals surface area (Å²) in [5.74, 6) is 1.06. The van der Waals surface area contributed by atoms with E-state index in [0.29, 0.717) is 18.0 Å². The van der Waals surface area contributed by atoms with Crippen LogP contribution in [0.5, 0.6) is 11.5 Å². The van der Waals surface area contributed by atoms with Gasteiger partial charge < -0.3 is 9.47 Å². The van der Waals surface area contributed by atoms with Crippen LogP contribution in [-0.2, 0) is 10.0 Å². The Hall–Kier alpha value is -1.31. The minimum atomic E-state index is -3.53. The second kappa shape index (κ2) is 6.44. The van der Waals surface area contributed by atoms with E-state index in [4.69, 9.17) is 9.47 Å². The summed E-state index contributed by atoms with van der Waals surface area (Å²) >= 11 is 0. The largest absolute Gasteiger partial charge is 0.454 e. The lowest BCUT2D eigenvalue weighted by Gasteiger charge is -2.32. The number of hydrogen-bond donors (Lipinski definition) is 1. The lowest BCUT2D eigenvalue weighted by molar-refractivity contribution is 0.174. The van der Waals surface area contributed by atoms with Crippen molar-refractivity contribution in [1.29, 1.82) is 0 Å². The van der Waals surface area contributed by atoms with Gasteiger partial charge in [0.2, 0.25) is 16.8 Å². The van der Waals surface area contributed by atoms with Crippen molar-refractivity contribution >= 4 is 10.0 Å². The minimum Gasteiger partial charge on any atom is -0.454 e. The maximum atomic E-state index is 12.4. The van der Waals surface area contributed by atoms with E-state index in [1.54, 1.807) is 12.1 Å². The third-order valence-corrected chi connectivity index (χ3v) is 5.66. The molecule has 6 nitrogen and oxygen atoms in total. The van der Waals surface area contributed by atoms with E-state index in [1.165, 1.54) is 25.3 Å². The van der Waals surface area contributed by atoms with Crippen LogP contribution in [0.25, 0.3) is 0 Å². The van der Waals surface area contributed by atoms with Gasteiger partial charge in [0.15, 0.2) is 11.5 Å². The fourth-order valence-electron chi connectivity index (χ4n) is 2.85. The van der Waals surface area contributed by atoms with Crippen LogP contribution in [0.15, 0.2) is 23.1 Å². The molecule has 0 spiro atoms. The van der Waals surface area contributed by atoms with Crippen molar-refractivity contribution in [1.82, 2.24) is 9.62 Å². The smallest absolute Gasteiger partial charge is 0.240 e. The summed E-state index contributed by atoms with van der Waals surface area (Å²) in [7, 11) is -3.53. The molecule has 1 aromatic rings. The summed E-state index contributed by atoms with van der Waals surface area (Å²) in [6.07, 6.45) is 3.66. The first-order valence-electron chi connectivity index (χ1n) is 7.70. The monoisotopic (exact) mass is 326 g/mol. The van der Waals surface area contributed by atoms with Crippen molar-refractivity contribution in [3.05, 3.63) is 18.2 Å². The van der Waals surface area contributed by atoms with Gasteiger partial charge >= 0.3 is 0 Å². The van der Waals surface area contributed by atoms with Crippen LogP contribution in [0, 0.1) is 0 Å². The molecule has 122 valence electrons. The van der Waals surface area contributed by atoms with Gasteiger partial charge in [-0.25, -0.2) is 13.1 Å². The molecule has 1 fully saturated rings. The van der Waals surface area contributed by atoms with Gasteiger partial charge in [-0.1, -0.05) is 6.42 Å². The highest BCUT2D eigenvalue weighted by Crippen LogP contribution is 2.33. The Bertz CT molecular complexity index is 626. The number of ether oxygens (including phenoxy) is 2. The minimum absolute atomic E-state index is 0.137. The van der Waals surface area contributed by atoms with Gasteiger partial charge in [0.05, 0.1) is 4.90 Å². The standard InChI is InChI=1S/C15H22N2O4S/c1-12(17-7-3-2-4-8-17)10-16-22(18,19)13-5-6-14-15(9-13)21-11-20-14/h5-6,9,12,16H,2-4,7-8,10-11H2,1H3. The van der Waals surface area contributed by atoms with Crippen molar-refractivity contribution in [2.75, 3.05) is 26.4 Å². The maximum Gasteiger partial charge on any atom is 0.240 e. The van der Waals surface area contributed by atoms with Crippen LogP contribution in [0.3, 0.4) is 0 Å². The van der Waals surface area contributed by atoms with Gasteiger partial charge in [0.1, 0.15) is 0 Å². The SMILES string of the molecule is CC(CNS(=O)(=O)c1ccc2c(c1)OCO2)N1CCCCC1. The van der Waals surface area contributed by atoms with Crippen molar-refractivity contribution < 1.29 is 17.9 Å². The van der Waals surface area contributed by atoms with E-state index in [9.17, 15) is 8.42 Å². The summed E-state index contributed by atoms with van der Waals surface area (Å²) in [5, 5.41) is 0. The van der Waals surface area contributed by atoms with Gasteiger partial charge in [0, 0.05) is 18.7 Å². The van der Waals surface area contributed by atoms with Crippen molar-refractivity contribution in [3.63, 3.8) is 0 Å². The van der Waals surface area contributed by atoms with Crippen LogP contribution in [-0.4, -0.2) is 45.8 Å². The molecule has 22 heavy (non-hydrogen) atoms. The van der Waals surface area contributed by atoms with Crippen LogP contribution < -0.4 is 14.2 Å². The highest BCUT2D eigenvalue weighted by Gasteiger charge is 2.22. The average molecular weight is 326 g/mol. The number of likely N-dealkylation sites (tertiary alicyclic amines) is 1. The molecule has 0 aliphatic carbocycles. The molecule has 3 rings (SSSR count). The van der Waals surface area contributed by atoms with E-state index in [1.807, 2.05) is 0 Å². The zero-order valence-corrected chi connectivity index (χ0v) is 13.6. The van der Waals surface area contributed by atoms with E-state index in [-0.39, 0.29) is 17.7 Å². The first kappa shape index (κ1) is 15.6. The molecule has 2 heterocycles. The third kappa shape index (κ3) is 3.37. The Morgan fingerprint density at radius 2 is 1.91 bits per heavy atom. The average Bonchev–Trinajstić information content (AvgIpc) is 3.01. The molecule has 1 aromatic carbocycles. The second-order valence-electron chi connectivity index (χ2n) is 5.81. The van der Waals surface area contributed by atoms with E-state index in [0.717, 1.165) is 13.1 Å². The fourth-order valence-corrected chi connectivity index (χ4v) is 3.98. The quantitative estimate of drug-likeness (QED) is 0.889. The van der Waals surface area contributed by atoms with Gasteiger partial charge in [-0.05, 0) is 45.0 Å². The third-order valence-electron chi connectivity index (χ3n) is 4.24. The molecule has 0 aromatic heterocycles. The lowest BCUT2D eigenvalue weighted by atomic mass is 10.1. The molecular weight excluding hydrogens is 304 g/mol. The first-order valence-corrected chi connectivity index (χ1v) is 9.18. The van der Waals surface area contributed by atoms with Crippen LogP contribution in [0.4, 0.5) is 0 Å². The molecule has 7 heteroatoms. The van der Waals surface area contributed by atoms with E-state index < -0.39 is 10.0 Å². The Morgan fingerprint density at radius 1 is 1.18 bits per heavy atom. The molecule has 0 saturated carbocycles. The number of benzene rings is 1. The predicted molar refractivity (Wildman–Crippen MR) is 82.6 cm³/mol. The second-order valence-corrected chi connectivity index (χ2v) is 7.58. The number of hydrogen-bond acceptors (Lipinski definition) is 5. The molecule has 1 atom stereocenters. The van der Waals surface area contributed by atoms with Gasteiger partial charge in [-0.15, -0.1) is 0 Å². The highest BCUT2D eigenvalue weighted by molar-refractivity contribution is 7.89. The first-order chi connectivity index (χ1) is 10.6. The van der Waals surface area contributed by atoms with Gasteiger partial charge in [-0.3, -0.25) is 4.90 Å². The Balaban J connectivity index is 1.63. The van der Waals surface area contributed by atoms with E-state index >= 15 is 0 Å². The summed E-state index contributed by atoms with van der Waals surface area (Å²) in [4.78, 5) is 2.55. The Morgan fingerprint density at radius 3 is 2.68 bits per heavy atom. The maximum absolute atomic E-state index is 12.4. The van der Waals surface area contributed by atoms with Crippen molar-refractivity contribution in [3.8, 4) is 11.5 Å². The number of nitrogens with one attached hydrogen (secondary N) is 1. The Labute approximate surface area is 131 Å². The molecule has 1 saturated heterocycles. The summed E-state index contributed by atoms with van der Waals surface area (Å²) < 4.78 is 37.9. The molecule has 0 bridgehead atoms. The number of nitrogens with zero attached hydrogens (tertiary/aromatic N) is 1. The van der Waals surface area contributed by atoms with Crippen molar-refractivity contribution in [2.45, 2.75) is 37.1 Å². The summed E-state index contributed by atoms with van der Waals surface area (Å²) in [6, 6.07) is 4.88. The number of rotatable bonds is 5. The fraction of sp³-hybridized carbons (Fsp3) is 0.600. The number of fused-ring (bicyclic) bond motifs is 1. The summed E-state index contributed by atoms with van der Waals surface area (Å²) in [6.45, 7) is 4.71. The predicted octanol–water partition coefficient (Wildman–Crippen LogP) is 1.57. The van der Waals surface area contributed by atoms with E-state index in [2.05, 4.69) is 16.5 Å². The molecule has 2 aliphatic heterocycles. The molecule has 1 unspecified atom stereocenters. The molecular formula is C15H22N2O4S. The molecule has 0 amide bonds. The van der Waals surface area contributed by atoms with Gasteiger partial charge in [0.25, 0.3) is 0 Å². The lowest BCUT2D eigenvalue weighted by Crippen LogP contribution is -2.44. The molecule has 2 aliphatic rings.